The summed E-state index contributed by atoms with van der Waals surface area (Å²) < 4.78 is 1.19. The summed E-state index contributed by atoms with van der Waals surface area (Å²) >= 11 is 3.73. The molecule has 0 aromatic heterocycles. The van der Waals surface area contributed by atoms with Gasteiger partial charge in [-0.1, -0.05) is 81.7 Å². The molecule has 0 radical (unpaired) electrons. The molecule has 0 heterocycles. The quantitative estimate of drug-likeness (QED) is 0.593. The molecule has 0 aliphatic carbocycles. The largest absolute Gasteiger partial charge is 0.0728 e. The van der Waals surface area contributed by atoms with Crippen molar-refractivity contribution in [3.63, 3.8) is 0 Å². The summed E-state index contributed by atoms with van der Waals surface area (Å²) in [6.45, 7) is 15.7. The third kappa shape index (κ3) is 3.26. The molecule has 1 aromatic carbocycles. The summed E-state index contributed by atoms with van der Waals surface area (Å²) in [4.78, 5) is 0. The maximum absolute atomic E-state index is 3.73. The molecular formula is C17H25Br. The first-order valence-corrected chi connectivity index (χ1v) is 7.34. The average molecular weight is 309 g/mol. The van der Waals surface area contributed by atoms with Gasteiger partial charge in [-0.3, -0.25) is 0 Å². The van der Waals surface area contributed by atoms with E-state index in [9.17, 15) is 0 Å². The maximum Gasteiger partial charge on any atom is 0.0211 e. The summed E-state index contributed by atoms with van der Waals surface area (Å²) in [6, 6.07) is 6.67. The second kappa shape index (κ2) is 5.21. The number of rotatable bonds is 1. The van der Waals surface area contributed by atoms with E-state index in [4.69, 9.17) is 0 Å². The van der Waals surface area contributed by atoms with E-state index in [0.29, 0.717) is 0 Å². The molecule has 0 unspecified atom stereocenters. The van der Waals surface area contributed by atoms with E-state index in [-0.39, 0.29) is 10.8 Å². The van der Waals surface area contributed by atoms with E-state index in [1.807, 2.05) is 0 Å². The molecule has 0 saturated carbocycles. The predicted molar refractivity (Wildman–Crippen MR) is 86.4 cm³/mol. The third-order valence-corrected chi connectivity index (χ3v) is 4.03. The van der Waals surface area contributed by atoms with Crippen LogP contribution in [0.3, 0.4) is 0 Å². The van der Waals surface area contributed by atoms with Gasteiger partial charge in [-0.15, -0.1) is 0 Å². The lowest BCUT2D eigenvalue weighted by Crippen LogP contribution is -2.20. The molecule has 0 nitrogen and oxygen atoms in total. The lowest BCUT2D eigenvalue weighted by atomic mass is 9.76. The zero-order valence-electron chi connectivity index (χ0n) is 12.7. The molecule has 0 saturated heterocycles. The third-order valence-electron chi connectivity index (χ3n) is 3.17. The molecule has 0 spiro atoms. The maximum atomic E-state index is 3.73. The highest BCUT2D eigenvalue weighted by Gasteiger charge is 2.25. The van der Waals surface area contributed by atoms with Crippen LogP contribution in [0, 0.1) is 0 Å². The zero-order chi connectivity index (χ0) is 14.1. The van der Waals surface area contributed by atoms with Gasteiger partial charge >= 0.3 is 0 Å². The van der Waals surface area contributed by atoms with Crippen LogP contribution in [0.1, 0.15) is 65.2 Å². The fourth-order valence-electron chi connectivity index (χ4n) is 2.20. The van der Waals surface area contributed by atoms with Crippen molar-refractivity contribution in [3.8, 4) is 0 Å². The molecular weight excluding hydrogens is 284 g/mol. The SMILES string of the molecule is C/C=C(\Br)c1c(C(C)(C)C)cccc1C(C)(C)C. The van der Waals surface area contributed by atoms with Crippen molar-refractivity contribution in [2.45, 2.75) is 59.3 Å². The first-order chi connectivity index (χ1) is 8.09. The summed E-state index contributed by atoms with van der Waals surface area (Å²) in [5.74, 6) is 0. The number of hydrogen-bond donors (Lipinski definition) is 0. The molecule has 1 heteroatoms. The highest BCUT2D eigenvalue weighted by Crippen LogP contribution is 2.39. The van der Waals surface area contributed by atoms with Gasteiger partial charge in [0.2, 0.25) is 0 Å². The highest BCUT2D eigenvalue weighted by molar-refractivity contribution is 9.15. The molecule has 0 amide bonds. The monoisotopic (exact) mass is 308 g/mol. The van der Waals surface area contributed by atoms with Gasteiger partial charge in [0.1, 0.15) is 0 Å². The summed E-state index contributed by atoms with van der Waals surface area (Å²) in [5, 5.41) is 0. The van der Waals surface area contributed by atoms with Gasteiger partial charge in [0.25, 0.3) is 0 Å². The predicted octanol–water partition coefficient (Wildman–Crippen LogP) is 6.04. The minimum Gasteiger partial charge on any atom is -0.0728 e. The van der Waals surface area contributed by atoms with Crippen molar-refractivity contribution in [2.24, 2.45) is 0 Å². The number of hydrogen-bond acceptors (Lipinski definition) is 0. The van der Waals surface area contributed by atoms with E-state index in [2.05, 4.69) is 88.7 Å². The molecule has 100 valence electrons. The first-order valence-electron chi connectivity index (χ1n) is 6.55. The Balaban J connectivity index is 3.67. The van der Waals surface area contributed by atoms with Gasteiger partial charge in [0.15, 0.2) is 0 Å². The minimum atomic E-state index is 0.151. The summed E-state index contributed by atoms with van der Waals surface area (Å²) in [6.07, 6.45) is 2.14. The number of allylic oxidation sites excluding steroid dienone is 1. The van der Waals surface area contributed by atoms with Gasteiger partial charge in [-0.2, -0.15) is 0 Å². The minimum absolute atomic E-state index is 0.151. The lowest BCUT2D eigenvalue weighted by molar-refractivity contribution is 0.566. The zero-order valence-corrected chi connectivity index (χ0v) is 14.3. The van der Waals surface area contributed by atoms with Crippen LogP contribution in [0.4, 0.5) is 0 Å². The fraction of sp³-hybridized carbons (Fsp3) is 0.529. The fourth-order valence-corrected chi connectivity index (χ4v) is 2.63. The van der Waals surface area contributed by atoms with Gasteiger partial charge in [-0.25, -0.2) is 0 Å². The Morgan fingerprint density at radius 3 is 1.61 bits per heavy atom. The molecule has 0 atom stereocenters. The van der Waals surface area contributed by atoms with Crippen molar-refractivity contribution >= 4 is 20.4 Å². The van der Waals surface area contributed by atoms with Crippen LogP contribution in [0.25, 0.3) is 4.48 Å². The summed E-state index contributed by atoms with van der Waals surface area (Å²) in [7, 11) is 0. The van der Waals surface area contributed by atoms with E-state index in [1.165, 1.54) is 21.2 Å². The van der Waals surface area contributed by atoms with Gasteiger partial charge in [0, 0.05) is 4.48 Å². The van der Waals surface area contributed by atoms with E-state index >= 15 is 0 Å². The second-order valence-electron chi connectivity index (χ2n) is 6.86. The molecule has 1 rings (SSSR count). The van der Waals surface area contributed by atoms with Crippen molar-refractivity contribution < 1.29 is 0 Å². The van der Waals surface area contributed by atoms with Gasteiger partial charge in [0.05, 0.1) is 0 Å². The Hall–Kier alpha value is -0.560. The first kappa shape index (κ1) is 15.5. The normalized spacial score (nSPS) is 13.9. The Labute approximate surface area is 121 Å². The topological polar surface area (TPSA) is 0 Å². The van der Waals surface area contributed by atoms with Crippen LogP contribution in [0.5, 0.6) is 0 Å². The standard InChI is InChI=1S/C17H25Br/c1-8-14(18)15-12(16(2,3)4)10-9-11-13(15)17(5,6)7/h8-11H,1-7H3/b14-8-. The molecule has 1 aromatic rings. The van der Waals surface area contributed by atoms with E-state index < -0.39 is 0 Å². The molecule has 0 bridgehead atoms. The number of benzene rings is 1. The smallest absolute Gasteiger partial charge is 0.0211 e. The van der Waals surface area contributed by atoms with Crippen molar-refractivity contribution in [3.05, 3.63) is 41.0 Å². The summed E-state index contributed by atoms with van der Waals surface area (Å²) in [5.41, 5.74) is 4.47. The Morgan fingerprint density at radius 2 is 1.33 bits per heavy atom. The Kier molecular flexibility index (Phi) is 4.48. The van der Waals surface area contributed by atoms with Gasteiger partial charge in [-0.05, 0) is 34.4 Å². The van der Waals surface area contributed by atoms with Crippen LogP contribution >= 0.6 is 15.9 Å². The van der Waals surface area contributed by atoms with Crippen molar-refractivity contribution in [1.82, 2.24) is 0 Å². The highest BCUT2D eigenvalue weighted by atomic mass is 79.9. The van der Waals surface area contributed by atoms with E-state index in [1.54, 1.807) is 0 Å². The molecule has 0 N–H and O–H groups in total. The van der Waals surface area contributed by atoms with Crippen LogP contribution in [-0.4, -0.2) is 0 Å². The van der Waals surface area contributed by atoms with Crippen LogP contribution in [0.15, 0.2) is 24.3 Å². The van der Waals surface area contributed by atoms with Crippen LogP contribution in [0.2, 0.25) is 0 Å². The second-order valence-corrected chi connectivity index (χ2v) is 7.72. The molecule has 0 aliphatic heterocycles. The van der Waals surface area contributed by atoms with Crippen LogP contribution < -0.4 is 0 Å². The number of halogens is 1. The van der Waals surface area contributed by atoms with Crippen molar-refractivity contribution in [2.75, 3.05) is 0 Å². The molecule has 0 aliphatic rings. The van der Waals surface area contributed by atoms with E-state index in [0.717, 1.165) is 0 Å². The molecule has 0 fully saturated rings. The van der Waals surface area contributed by atoms with Gasteiger partial charge < -0.3 is 0 Å². The van der Waals surface area contributed by atoms with Crippen molar-refractivity contribution in [1.29, 1.82) is 0 Å². The molecule has 18 heavy (non-hydrogen) atoms. The van der Waals surface area contributed by atoms with Crippen LogP contribution in [-0.2, 0) is 10.8 Å². The Morgan fingerprint density at radius 1 is 0.944 bits per heavy atom. The average Bonchev–Trinajstić information content (AvgIpc) is 2.24. The lowest BCUT2D eigenvalue weighted by Gasteiger charge is -2.30. The Bertz CT molecular complexity index is 421.